The molecule has 0 fully saturated rings. The second-order valence-electron chi connectivity index (χ2n) is 6.75. The molecule has 0 amide bonds. The molecule has 0 aliphatic heterocycles. The zero-order valence-corrected chi connectivity index (χ0v) is 18.3. The molecule has 146 valence electrons. The molecule has 1 aliphatic carbocycles. The molecular weight excluding hydrogens is 384 g/mol. The maximum atomic E-state index is 12.3. The molecule has 0 radical (unpaired) electrons. The van der Waals surface area contributed by atoms with Crippen molar-refractivity contribution >= 4 is 17.9 Å². The van der Waals surface area contributed by atoms with Crippen molar-refractivity contribution in [2.24, 2.45) is 0 Å². The van der Waals surface area contributed by atoms with Gasteiger partial charge in [-0.05, 0) is 0 Å². The van der Waals surface area contributed by atoms with Gasteiger partial charge in [0.1, 0.15) is 0 Å². The van der Waals surface area contributed by atoms with E-state index in [1.165, 1.54) is 20.8 Å². The summed E-state index contributed by atoms with van der Waals surface area (Å²) < 4.78 is 17.3. The molecule has 0 unspecified atom stereocenters. The summed E-state index contributed by atoms with van der Waals surface area (Å²) in [6.45, 7) is 20.7. The SMILES string of the molecule is C=C(C)C(=O)[O][Ti]([O]C(=O)C(=C)C)([O]C(=O)C(=C)C)[C]1=C(C)C(C)=C(C)C1. The van der Waals surface area contributed by atoms with E-state index < -0.39 is 35.7 Å². The molecule has 0 N–H and O–H groups in total. The van der Waals surface area contributed by atoms with Gasteiger partial charge in [0.2, 0.25) is 0 Å². The fourth-order valence-corrected chi connectivity index (χ4v) is 6.78. The number of carbonyl (C=O) groups is 3. The van der Waals surface area contributed by atoms with Gasteiger partial charge in [0.25, 0.3) is 0 Å². The Hall–Kier alpha value is -2.18. The summed E-state index contributed by atoms with van der Waals surface area (Å²) in [5, 5.41) is 0. The van der Waals surface area contributed by atoms with E-state index in [-0.39, 0.29) is 16.7 Å². The Morgan fingerprint density at radius 2 is 1.07 bits per heavy atom. The third-order valence-electron chi connectivity index (χ3n) is 4.19. The molecular formula is C20H26O6Ti. The van der Waals surface area contributed by atoms with E-state index in [0.717, 1.165) is 16.7 Å². The molecule has 0 saturated heterocycles. The number of rotatable bonds is 7. The fourth-order valence-electron chi connectivity index (χ4n) is 2.29. The molecule has 0 saturated carbocycles. The van der Waals surface area contributed by atoms with Crippen LogP contribution in [0.25, 0.3) is 0 Å². The van der Waals surface area contributed by atoms with E-state index in [1.54, 1.807) is 0 Å². The van der Waals surface area contributed by atoms with E-state index in [2.05, 4.69) is 19.7 Å². The Balaban J connectivity index is 3.61. The number of hydrogen-bond acceptors (Lipinski definition) is 6. The minimum absolute atomic E-state index is 0.0976. The van der Waals surface area contributed by atoms with Crippen LogP contribution in [-0.2, 0) is 42.1 Å². The van der Waals surface area contributed by atoms with E-state index >= 15 is 0 Å². The topological polar surface area (TPSA) is 78.9 Å². The molecule has 0 atom stereocenters. The van der Waals surface area contributed by atoms with Crippen LogP contribution in [0.1, 0.15) is 48.0 Å². The molecule has 0 aromatic carbocycles. The quantitative estimate of drug-likeness (QED) is 0.461. The summed E-state index contributed by atoms with van der Waals surface area (Å²) in [5.41, 5.74) is 3.07. The zero-order valence-electron chi connectivity index (χ0n) is 16.8. The zero-order chi connectivity index (χ0) is 21.1. The molecule has 0 aromatic heterocycles. The Morgan fingerprint density at radius 3 is 1.30 bits per heavy atom. The fraction of sp³-hybridized carbons (Fsp3) is 0.350. The third kappa shape index (κ3) is 5.18. The van der Waals surface area contributed by atoms with Crippen molar-refractivity contribution in [3.8, 4) is 0 Å². The third-order valence-corrected chi connectivity index (χ3v) is 8.34. The summed E-state index contributed by atoms with van der Waals surface area (Å²) in [4.78, 5) is 37.0. The first-order valence-electron chi connectivity index (χ1n) is 8.35. The standard InChI is InChI=1S/C8H11.3C4H6O2.Ti/c1-6-4-5-7(2)8(6)3;3*1-3(2)4(5)6;/h4H2,1-3H3;3*1H2,2H3,(H,5,6);/q;;;;+3/p-3. The molecule has 0 bridgehead atoms. The van der Waals surface area contributed by atoms with Gasteiger partial charge in [-0.25, -0.2) is 0 Å². The van der Waals surface area contributed by atoms with Crippen LogP contribution in [0.15, 0.2) is 57.1 Å². The summed E-state index contributed by atoms with van der Waals surface area (Å²) in [6, 6.07) is 0. The minimum atomic E-state index is -4.95. The van der Waals surface area contributed by atoms with Crippen molar-refractivity contribution in [2.45, 2.75) is 48.0 Å². The van der Waals surface area contributed by atoms with Crippen molar-refractivity contribution < 1.29 is 42.1 Å². The molecule has 7 heteroatoms. The second-order valence-corrected chi connectivity index (χ2v) is 10.4. The number of carbonyl (C=O) groups excluding carboxylic acids is 3. The Bertz CT molecular complexity index is 743. The summed E-state index contributed by atoms with van der Waals surface area (Å²) in [6.07, 6.45) is 0.383. The average Bonchev–Trinajstić information content (AvgIpc) is 2.82. The molecule has 0 aromatic rings. The average molecular weight is 410 g/mol. The van der Waals surface area contributed by atoms with Gasteiger partial charge in [-0.3, -0.25) is 0 Å². The molecule has 1 rings (SSSR count). The summed E-state index contributed by atoms with van der Waals surface area (Å²) in [7, 11) is 0. The summed E-state index contributed by atoms with van der Waals surface area (Å²) in [5.74, 6) is -2.37. The van der Waals surface area contributed by atoms with Crippen LogP contribution >= 0.6 is 0 Å². The molecule has 27 heavy (non-hydrogen) atoms. The molecule has 1 aliphatic rings. The predicted octanol–water partition coefficient (Wildman–Crippen LogP) is 4.26. The van der Waals surface area contributed by atoms with Crippen LogP contribution < -0.4 is 0 Å². The Kier molecular flexibility index (Phi) is 7.35. The van der Waals surface area contributed by atoms with Crippen molar-refractivity contribution in [1.82, 2.24) is 0 Å². The Labute approximate surface area is 165 Å². The molecule has 6 nitrogen and oxygen atoms in total. The van der Waals surface area contributed by atoms with Crippen molar-refractivity contribution in [2.75, 3.05) is 0 Å². The van der Waals surface area contributed by atoms with Crippen molar-refractivity contribution in [3.05, 3.63) is 57.1 Å². The van der Waals surface area contributed by atoms with Crippen molar-refractivity contribution in [1.29, 1.82) is 0 Å². The van der Waals surface area contributed by atoms with Crippen LogP contribution in [0.3, 0.4) is 0 Å². The van der Waals surface area contributed by atoms with Gasteiger partial charge in [0.15, 0.2) is 0 Å². The van der Waals surface area contributed by atoms with E-state index in [9.17, 15) is 14.4 Å². The summed E-state index contributed by atoms with van der Waals surface area (Å²) >= 11 is -4.95. The normalized spacial score (nSPS) is 14.0. The van der Waals surface area contributed by atoms with E-state index in [1.807, 2.05) is 20.8 Å². The van der Waals surface area contributed by atoms with Crippen LogP contribution in [0.2, 0.25) is 0 Å². The van der Waals surface area contributed by atoms with Gasteiger partial charge in [0.05, 0.1) is 0 Å². The van der Waals surface area contributed by atoms with E-state index in [4.69, 9.17) is 9.96 Å². The number of hydrogen-bond donors (Lipinski definition) is 0. The van der Waals surface area contributed by atoms with Crippen LogP contribution in [-0.4, -0.2) is 17.9 Å². The van der Waals surface area contributed by atoms with Crippen LogP contribution in [0.5, 0.6) is 0 Å². The molecule has 0 heterocycles. The number of allylic oxidation sites excluding steroid dienone is 4. The monoisotopic (exact) mass is 410 g/mol. The second kappa shape index (κ2) is 8.68. The van der Waals surface area contributed by atoms with E-state index in [0.29, 0.717) is 10.3 Å². The van der Waals surface area contributed by atoms with Gasteiger partial charge in [-0.1, -0.05) is 0 Å². The molecule has 0 spiro atoms. The van der Waals surface area contributed by atoms with Gasteiger partial charge < -0.3 is 0 Å². The van der Waals surface area contributed by atoms with Gasteiger partial charge in [0, 0.05) is 0 Å². The first-order valence-corrected chi connectivity index (χ1v) is 11.0. The van der Waals surface area contributed by atoms with Crippen LogP contribution in [0.4, 0.5) is 0 Å². The first kappa shape index (κ1) is 22.9. The van der Waals surface area contributed by atoms with Crippen LogP contribution in [0, 0.1) is 0 Å². The van der Waals surface area contributed by atoms with Gasteiger partial charge in [-0.2, -0.15) is 0 Å². The van der Waals surface area contributed by atoms with Crippen molar-refractivity contribution in [3.63, 3.8) is 0 Å². The predicted molar refractivity (Wildman–Crippen MR) is 98.4 cm³/mol. The van der Waals surface area contributed by atoms with Gasteiger partial charge in [-0.15, -0.1) is 0 Å². The van der Waals surface area contributed by atoms with Gasteiger partial charge >= 0.3 is 165 Å². The maximum absolute atomic E-state index is 12.3. The first-order chi connectivity index (χ1) is 12.3. The Morgan fingerprint density at radius 1 is 0.741 bits per heavy atom.